The number of hydrogen-bond acceptors (Lipinski definition) is 4. The molecule has 0 aliphatic rings. The van der Waals surface area contributed by atoms with Crippen LogP contribution in [0.1, 0.15) is 12.0 Å². The molecule has 0 saturated carbocycles. The van der Waals surface area contributed by atoms with Crippen molar-refractivity contribution in [1.82, 2.24) is 10.3 Å². The van der Waals surface area contributed by atoms with Crippen LogP contribution in [-0.4, -0.2) is 30.3 Å². The van der Waals surface area contributed by atoms with Gasteiger partial charge in [0, 0.05) is 35.4 Å². The lowest BCUT2D eigenvalue weighted by molar-refractivity contribution is 0.416. The van der Waals surface area contributed by atoms with E-state index in [1.807, 2.05) is 49.4 Å². The van der Waals surface area contributed by atoms with Crippen LogP contribution in [0, 0.1) is 6.92 Å². The second kappa shape index (κ2) is 9.57. The van der Waals surface area contributed by atoms with Gasteiger partial charge in [-0.05, 0) is 67.5 Å². The predicted molar refractivity (Wildman–Crippen MR) is 122 cm³/mol. The lowest BCUT2D eigenvalue weighted by Gasteiger charge is -2.14. The standard InChI is InChI=1S/C21H23ClN4OS/c1-14-4-7-18(20(12-14)27-2)26-21(28)25-10-3-9-23-17-8-11-24-19-13-15(22)5-6-16(17)19/h4-8,11-13H,3,9-10H2,1-2H3,(H,23,24)(H2,25,26,28). The molecule has 0 spiro atoms. The predicted octanol–water partition coefficient (Wildman–Crippen LogP) is 4.99. The molecule has 0 amide bonds. The van der Waals surface area contributed by atoms with Crippen molar-refractivity contribution in [2.24, 2.45) is 0 Å². The molecule has 0 fully saturated rings. The van der Waals surface area contributed by atoms with Crippen molar-refractivity contribution in [3.8, 4) is 5.75 Å². The number of aryl methyl sites for hydroxylation is 1. The van der Waals surface area contributed by atoms with E-state index in [1.165, 1.54) is 0 Å². The van der Waals surface area contributed by atoms with Crippen molar-refractivity contribution in [2.45, 2.75) is 13.3 Å². The number of hydrogen-bond donors (Lipinski definition) is 3. The lowest BCUT2D eigenvalue weighted by atomic mass is 10.2. The SMILES string of the molecule is COc1cc(C)ccc1NC(=S)NCCCNc1ccnc2cc(Cl)ccc12. The summed E-state index contributed by atoms with van der Waals surface area (Å²) in [6.07, 6.45) is 2.69. The Kier molecular flexibility index (Phi) is 6.90. The van der Waals surface area contributed by atoms with Crippen molar-refractivity contribution in [1.29, 1.82) is 0 Å². The van der Waals surface area contributed by atoms with E-state index < -0.39 is 0 Å². The summed E-state index contributed by atoms with van der Waals surface area (Å²) in [7, 11) is 1.65. The molecule has 28 heavy (non-hydrogen) atoms. The zero-order valence-electron chi connectivity index (χ0n) is 15.9. The van der Waals surface area contributed by atoms with Crippen LogP contribution in [0.25, 0.3) is 10.9 Å². The van der Waals surface area contributed by atoms with Gasteiger partial charge in [-0.3, -0.25) is 4.98 Å². The van der Waals surface area contributed by atoms with Crippen molar-refractivity contribution in [3.63, 3.8) is 0 Å². The summed E-state index contributed by atoms with van der Waals surface area (Å²) in [6, 6.07) is 13.7. The number of fused-ring (bicyclic) bond motifs is 1. The van der Waals surface area contributed by atoms with Gasteiger partial charge in [-0.15, -0.1) is 0 Å². The third-order valence-electron chi connectivity index (χ3n) is 4.26. The molecule has 5 nitrogen and oxygen atoms in total. The minimum Gasteiger partial charge on any atom is -0.495 e. The third kappa shape index (κ3) is 5.24. The van der Waals surface area contributed by atoms with Crippen LogP contribution in [0.15, 0.2) is 48.7 Å². The minimum atomic E-state index is 0.575. The van der Waals surface area contributed by atoms with Gasteiger partial charge in [0.15, 0.2) is 5.11 Å². The Bertz CT molecular complexity index is 980. The first-order valence-electron chi connectivity index (χ1n) is 9.04. The van der Waals surface area contributed by atoms with Gasteiger partial charge in [0.05, 0.1) is 18.3 Å². The van der Waals surface area contributed by atoms with E-state index >= 15 is 0 Å². The normalized spacial score (nSPS) is 10.5. The van der Waals surface area contributed by atoms with Crippen LogP contribution >= 0.6 is 23.8 Å². The number of ether oxygens (including phenoxy) is 1. The highest BCUT2D eigenvalue weighted by Crippen LogP contribution is 2.25. The quantitative estimate of drug-likeness (QED) is 0.374. The first kappa shape index (κ1) is 20.2. The van der Waals surface area contributed by atoms with Crippen molar-refractivity contribution in [3.05, 3.63) is 59.2 Å². The van der Waals surface area contributed by atoms with E-state index in [1.54, 1.807) is 13.3 Å². The Balaban J connectivity index is 1.46. The highest BCUT2D eigenvalue weighted by Gasteiger charge is 2.05. The maximum Gasteiger partial charge on any atom is 0.170 e. The Morgan fingerprint density at radius 1 is 1.11 bits per heavy atom. The molecular weight excluding hydrogens is 392 g/mol. The summed E-state index contributed by atoms with van der Waals surface area (Å²) in [5.74, 6) is 0.774. The molecule has 2 aromatic carbocycles. The van der Waals surface area contributed by atoms with E-state index in [4.69, 9.17) is 28.6 Å². The first-order valence-corrected chi connectivity index (χ1v) is 9.83. The monoisotopic (exact) mass is 414 g/mol. The molecule has 146 valence electrons. The van der Waals surface area contributed by atoms with E-state index in [0.29, 0.717) is 10.1 Å². The van der Waals surface area contributed by atoms with Crippen molar-refractivity contribution < 1.29 is 4.74 Å². The average Bonchev–Trinajstić information content (AvgIpc) is 2.68. The maximum absolute atomic E-state index is 6.04. The first-order chi connectivity index (χ1) is 13.6. The van der Waals surface area contributed by atoms with Gasteiger partial charge in [0.25, 0.3) is 0 Å². The van der Waals surface area contributed by atoms with Gasteiger partial charge in [0.1, 0.15) is 5.75 Å². The number of anilines is 2. The lowest BCUT2D eigenvalue weighted by Crippen LogP contribution is -2.30. The fraction of sp³-hybridized carbons (Fsp3) is 0.238. The number of benzene rings is 2. The van der Waals surface area contributed by atoms with E-state index in [2.05, 4.69) is 20.9 Å². The second-order valence-corrected chi connectivity index (χ2v) is 7.23. The number of halogens is 1. The Labute approximate surface area is 175 Å². The second-order valence-electron chi connectivity index (χ2n) is 6.38. The fourth-order valence-corrected chi connectivity index (χ4v) is 3.24. The summed E-state index contributed by atoms with van der Waals surface area (Å²) in [5, 5.41) is 12.2. The zero-order valence-corrected chi connectivity index (χ0v) is 17.5. The summed E-state index contributed by atoms with van der Waals surface area (Å²) in [4.78, 5) is 4.36. The van der Waals surface area contributed by atoms with Gasteiger partial charge >= 0.3 is 0 Å². The molecule has 3 rings (SSSR count). The summed E-state index contributed by atoms with van der Waals surface area (Å²) in [6.45, 7) is 3.59. The van der Waals surface area contributed by atoms with Gasteiger partial charge in [-0.25, -0.2) is 0 Å². The topological polar surface area (TPSA) is 58.2 Å². The summed E-state index contributed by atoms with van der Waals surface area (Å²) in [5.41, 5.74) is 3.92. The van der Waals surface area contributed by atoms with E-state index in [9.17, 15) is 0 Å². The molecule has 0 atom stereocenters. The van der Waals surface area contributed by atoms with Gasteiger partial charge < -0.3 is 20.7 Å². The molecule has 7 heteroatoms. The van der Waals surface area contributed by atoms with Crippen molar-refractivity contribution >= 4 is 51.2 Å². The molecule has 3 aromatic rings. The molecule has 0 saturated heterocycles. The highest BCUT2D eigenvalue weighted by molar-refractivity contribution is 7.80. The molecule has 0 aliphatic heterocycles. The number of thiocarbonyl (C=S) groups is 1. The van der Waals surface area contributed by atoms with E-state index in [0.717, 1.165) is 53.1 Å². The zero-order chi connectivity index (χ0) is 19.9. The number of aromatic nitrogens is 1. The Morgan fingerprint density at radius 3 is 2.79 bits per heavy atom. The molecule has 0 bridgehead atoms. The van der Waals surface area contributed by atoms with Crippen LogP contribution in [-0.2, 0) is 0 Å². The molecular formula is C21H23ClN4OS. The van der Waals surface area contributed by atoms with E-state index in [-0.39, 0.29) is 0 Å². The Hall–Kier alpha value is -2.57. The number of pyridine rings is 1. The average molecular weight is 415 g/mol. The molecule has 3 N–H and O–H groups in total. The third-order valence-corrected chi connectivity index (χ3v) is 4.75. The van der Waals surface area contributed by atoms with Crippen LogP contribution in [0.5, 0.6) is 5.75 Å². The largest absolute Gasteiger partial charge is 0.495 e. The minimum absolute atomic E-state index is 0.575. The van der Waals surface area contributed by atoms with Crippen LogP contribution in [0.4, 0.5) is 11.4 Å². The smallest absolute Gasteiger partial charge is 0.170 e. The highest BCUT2D eigenvalue weighted by atomic mass is 35.5. The molecule has 1 aromatic heterocycles. The van der Waals surface area contributed by atoms with Crippen molar-refractivity contribution in [2.75, 3.05) is 30.8 Å². The van der Waals surface area contributed by atoms with Crippen LogP contribution in [0.2, 0.25) is 5.02 Å². The van der Waals surface area contributed by atoms with Gasteiger partial charge in [-0.1, -0.05) is 17.7 Å². The Morgan fingerprint density at radius 2 is 1.96 bits per heavy atom. The molecule has 0 unspecified atom stereocenters. The summed E-state index contributed by atoms with van der Waals surface area (Å²) >= 11 is 11.4. The molecule has 0 radical (unpaired) electrons. The van der Waals surface area contributed by atoms with Crippen LogP contribution in [0.3, 0.4) is 0 Å². The van der Waals surface area contributed by atoms with Gasteiger partial charge in [-0.2, -0.15) is 0 Å². The molecule has 1 heterocycles. The molecule has 0 aliphatic carbocycles. The number of rotatable bonds is 7. The summed E-state index contributed by atoms with van der Waals surface area (Å²) < 4.78 is 5.39. The number of methoxy groups -OCH3 is 1. The number of nitrogens with one attached hydrogen (secondary N) is 3. The fourth-order valence-electron chi connectivity index (χ4n) is 2.86. The number of nitrogens with zero attached hydrogens (tertiary/aromatic N) is 1. The van der Waals surface area contributed by atoms with Gasteiger partial charge in [0.2, 0.25) is 0 Å². The maximum atomic E-state index is 6.04. The van der Waals surface area contributed by atoms with Crippen LogP contribution < -0.4 is 20.7 Å².